The quantitative estimate of drug-likeness (QED) is 0.681. The van der Waals surface area contributed by atoms with E-state index in [1.54, 1.807) is 7.11 Å². The van der Waals surface area contributed by atoms with Crippen molar-refractivity contribution in [3.05, 3.63) is 35.9 Å². The van der Waals surface area contributed by atoms with E-state index in [4.69, 9.17) is 17.0 Å². The molecule has 0 spiro atoms. The van der Waals surface area contributed by atoms with E-state index >= 15 is 0 Å². The molecule has 0 aliphatic rings. The number of aryl methyl sites for hydroxylation is 1. The number of hydrogen-bond donors (Lipinski definition) is 0. The Morgan fingerprint density at radius 2 is 2.00 bits per heavy atom. The van der Waals surface area contributed by atoms with E-state index in [-0.39, 0.29) is 0 Å². The molecule has 0 bridgehead atoms. The van der Waals surface area contributed by atoms with Crippen molar-refractivity contribution in [3.63, 3.8) is 0 Å². The van der Waals surface area contributed by atoms with Gasteiger partial charge in [-0.25, -0.2) is 0 Å². The Hall–Kier alpha value is -0.890. The predicted octanol–water partition coefficient (Wildman–Crippen LogP) is 2.98. The molecule has 0 saturated carbocycles. The van der Waals surface area contributed by atoms with Crippen LogP contribution in [0.5, 0.6) is 0 Å². The van der Waals surface area contributed by atoms with E-state index in [0.717, 1.165) is 19.3 Å². The third-order valence-electron chi connectivity index (χ3n) is 1.92. The zero-order chi connectivity index (χ0) is 9.52. The minimum atomic E-state index is 0.705. The van der Waals surface area contributed by atoms with E-state index in [9.17, 15) is 0 Å². The molecule has 0 radical (unpaired) electrons. The summed E-state index contributed by atoms with van der Waals surface area (Å²) >= 11 is 4.95. The minimum Gasteiger partial charge on any atom is -0.490 e. The minimum absolute atomic E-state index is 0.705. The molecule has 0 saturated heterocycles. The molecule has 0 aliphatic heterocycles. The van der Waals surface area contributed by atoms with Crippen LogP contribution in [0.1, 0.15) is 18.4 Å². The number of benzene rings is 1. The highest BCUT2D eigenvalue weighted by Gasteiger charge is 1.95. The maximum absolute atomic E-state index is 4.95. The fourth-order valence-electron chi connectivity index (χ4n) is 1.18. The van der Waals surface area contributed by atoms with Crippen LogP contribution < -0.4 is 0 Å². The van der Waals surface area contributed by atoms with Gasteiger partial charge >= 0.3 is 0 Å². The molecule has 0 atom stereocenters. The van der Waals surface area contributed by atoms with Crippen molar-refractivity contribution in [1.82, 2.24) is 0 Å². The van der Waals surface area contributed by atoms with Gasteiger partial charge in [-0.1, -0.05) is 30.3 Å². The number of rotatable bonds is 4. The fourth-order valence-corrected chi connectivity index (χ4v) is 1.33. The van der Waals surface area contributed by atoms with Gasteiger partial charge in [0.1, 0.15) is 0 Å². The van der Waals surface area contributed by atoms with Gasteiger partial charge in [-0.2, -0.15) is 0 Å². The van der Waals surface area contributed by atoms with Crippen LogP contribution in [0.4, 0.5) is 0 Å². The molecular formula is C11H14OS. The Morgan fingerprint density at radius 1 is 1.31 bits per heavy atom. The topological polar surface area (TPSA) is 9.23 Å². The van der Waals surface area contributed by atoms with Gasteiger partial charge in [-0.05, 0) is 30.6 Å². The Kier molecular flexibility index (Phi) is 4.47. The number of hydrogen-bond acceptors (Lipinski definition) is 2. The third-order valence-corrected chi connectivity index (χ3v) is 2.29. The summed E-state index contributed by atoms with van der Waals surface area (Å²) in [5.41, 5.74) is 1.36. The Bertz CT molecular complexity index is 256. The van der Waals surface area contributed by atoms with Gasteiger partial charge in [0.15, 0.2) is 5.05 Å². The SMILES string of the molecule is COC(=S)CCCc1ccccc1. The van der Waals surface area contributed by atoms with E-state index in [1.165, 1.54) is 5.56 Å². The third kappa shape index (κ3) is 4.04. The van der Waals surface area contributed by atoms with Gasteiger partial charge in [-0.15, -0.1) is 0 Å². The number of thiocarbonyl (C=S) groups is 1. The largest absolute Gasteiger partial charge is 0.490 e. The maximum atomic E-state index is 4.95. The van der Waals surface area contributed by atoms with Crippen molar-refractivity contribution in [2.45, 2.75) is 19.3 Å². The van der Waals surface area contributed by atoms with Crippen molar-refractivity contribution in [3.8, 4) is 0 Å². The Morgan fingerprint density at radius 3 is 2.62 bits per heavy atom. The van der Waals surface area contributed by atoms with Crippen LogP contribution in [0.15, 0.2) is 30.3 Å². The van der Waals surface area contributed by atoms with Crippen LogP contribution >= 0.6 is 12.2 Å². The van der Waals surface area contributed by atoms with Gasteiger partial charge in [-0.3, -0.25) is 0 Å². The molecule has 0 fully saturated rings. The summed E-state index contributed by atoms with van der Waals surface area (Å²) in [4.78, 5) is 0. The van der Waals surface area contributed by atoms with Crippen molar-refractivity contribution >= 4 is 17.3 Å². The van der Waals surface area contributed by atoms with Crippen LogP contribution in [0, 0.1) is 0 Å². The Balaban J connectivity index is 2.24. The molecule has 13 heavy (non-hydrogen) atoms. The van der Waals surface area contributed by atoms with E-state index in [0.29, 0.717) is 5.05 Å². The maximum Gasteiger partial charge on any atom is 0.159 e. The monoisotopic (exact) mass is 194 g/mol. The van der Waals surface area contributed by atoms with Crippen LogP contribution in [-0.4, -0.2) is 12.2 Å². The molecule has 0 aromatic heterocycles. The van der Waals surface area contributed by atoms with Gasteiger partial charge in [0.05, 0.1) is 7.11 Å². The average Bonchev–Trinajstić information content (AvgIpc) is 2.19. The summed E-state index contributed by atoms with van der Waals surface area (Å²) in [7, 11) is 1.63. The van der Waals surface area contributed by atoms with Gasteiger partial charge < -0.3 is 4.74 Å². The molecular weight excluding hydrogens is 180 g/mol. The van der Waals surface area contributed by atoms with Gasteiger partial charge in [0.2, 0.25) is 0 Å². The van der Waals surface area contributed by atoms with Crippen molar-refractivity contribution in [2.24, 2.45) is 0 Å². The lowest BCUT2D eigenvalue weighted by Crippen LogP contribution is -1.97. The molecule has 0 heterocycles. The standard InChI is InChI=1S/C11H14OS/c1-12-11(13)9-5-8-10-6-3-2-4-7-10/h2-4,6-7H,5,8-9H2,1H3. The molecule has 70 valence electrons. The van der Waals surface area contributed by atoms with Crippen LogP contribution in [0.25, 0.3) is 0 Å². The summed E-state index contributed by atoms with van der Waals surface area (Å²) in [6.45, 7) is 0. The second kappa shape index (κ2) is 5.70. The number of ether oxygens (including phenoxy) is 1. The van der Waals surface area contributed by atoms with Crippen molar-refractivity contribution < 1.29 is 4.74 Å². The molecule has 0 amide bonds. The van der Waals surface area contributed by atoms with E-state index in [2.05, 4.69) is 24.3 Å². The lowest BCUT2D eigenvalue weighted by atomic mass is 10.1. The number of methoxy groups -OCH3 is 1. The van der Waals surface area contributed by atoms with Crippen molar-refractivity contribution in [2.75, 3.05) is 7.11 Å². The molecule has 1 nitrogen and oxygen atoms in total. The molecule has 0 N–H and O–H groups in total. The van der Waals surface area contributed by atoms with Gasteiger partial charge in [0.25, 0.3) is 0 Å². The Labute approximate surface area is 84.7 Å². The lowest BCUT2D eigenvalue weighted by Gasteiger charge is -2.02. The first-order chi connectivity index (χ1) is 6.33. The predicted molar refractivity (Wildman–Crippen MR) is 59.0 cm³/mol. The molecule has 1 aromatic carbocycles. The van der Waals surface area contributed by atoms with E-state index < -0.39 is 0 Å². The summed E-state index contributed by atoms with van der Waals surface area (Å²) in [6.07, 6.45) is 3.02. The lowest BCUT2D eigenvalue weighted by molar-refractivity contribution is 0.400. The first kappa shape index (κ1) is 10.2. The molecule has 1 aromatic rings. The fraction of sp³-hybridized carbons (Fsp3) is 0.364. The summed E-state index contributed by atoms with van der Waals surface area (Å²) in [6, 6.07) is 10.4. The molecule has 2 heteroatoms. The first-order valence-electron chi connectivity index (χ1n) is 4.43. The second-order valence-electron chi connectivity index (χ2n) is 2.92. The van der Waals surface area contributed by atoms with Crippen LogP contribution in [0.2, 0.25) is 0 Å². The second-order valence-corrected chi connectivity index (χ2v) is 3.37. The summed E-state index contributed by atoms with van der Waals surface area (Å²) in [5.74, 6) is 0. The summed E-state index contributed by atoms with van der Waals surface area (Å²) in [5, 5.41) is 0.705. The van der Waals surface area contributed by atoms with Crippen LogP contribution in [0.3, 0.4) is 0 Å². The molecule has 1 rings (SSSR count). The summed E-state index contributed by atoms with van der Waals surface area (Å²) < 4.78 is 4.92. The zero-order valence-electron chi connectivity index (χ0n) is 7.82. The normalized spacial score (nSPS) is 9.62. The van der Waals surface area contributed by atoms with E-state index in [1.807, 2.05) is 6.07 Å². The molecule has 0 unspecified atom stereocenters. The highest BCUT2D eigenvalue weighted by molar-refractivity contribution is 7.80. The first-order valence-corrected chi connectivity index (χ1v) is 4.84. The highest BCUT2D eigenvalue weighted by Crippen LogP contribution is 2.05. The highest BCUT2D eigenvalue weighted by atomic mass is 32.1. The van der Waals surface area contributed by atoms with Gasteiger partial charge in [0, 0.05) is 6.42 Å². The molecule has 0 aliphatic carbocycles. The van der Waals surface area contributed by atoms with Crippen LogP contribution in [-0.2, 0) is 11.2 Å². The van der Waals surface area contributed by atoms with Crippen molar-refractivity contribution in [1.29, 1.82) is 0 Å². The smallest absolute Gasteiger partial charge is 0.159 e. The average molecular weight is 194 g/mol. The zero-order valence-corrected chi connectivity index (χ0v) is 8.64.